The van der Waals surface area contributed by atoms with Crippen LogP contribution >= 0.6 is 7.82 Å². The van der Waals surface area contributed by atoms with Crippen molar-refractivity contribution < 1.29 is 18.1 Å². The topological polar surface area (TPSA) is 44.8 Å². The molecule has 2 atom stereocenters. The third-order valence-electron chi connectivity index (χ3n) is 1.48. The molecular weight excluding hydrogens is 155 g/mol. The minimum Gasteiger partial charge on any atom is -0.290 e. The summed E-state index contributed by atoms with van der Waals surface area (Å²) in [5, 5.41) is 0. The second-order valence-electron chi connectivity index (χ2n) is 2.25. The van der Waals surface area contributed by atoms with E-state index in [1.165, 1.54) is 7.11 Å². The van der Waals surface area contributed by atoms with Crippen molar-refractivity contribution in [2.45, 2.75) is 26.1 Å². The summed E-state index contributed by atoms with van der Waals surface area (Å²) in [6.45, 7) is 3.59. The molecule has 0 saturated carbocycles. The predicted molar refractivity (Wildman–Crippen MR) is 35.7 cm³/mol. The maximum Gasteiger partial charge on any atom is 0.475 e. The molecule has 1 fully saturated rings. The fraction of sp³-hybridized carbons (Fsp3) is 1.00. The third-order valence-corrected chi connectivity index (χ3v) is 3.10. The monoisotopic (exact) mass is 166 g/mol. The highest BCUT2D eigenvalue weighted by Crippen LogP contribution is 2.56. The van der Waals surface area contributed by atoms with Gasteiger partial charge < -0.3 is 0 Å². The lowest BCUT2D eigenvalue weighted by Crippen LogP contribution is -2.13. The molecule has 4 nitrogen and oxygen atoms in total. The van der Waals surface area contributed by atoms with Crippen LogP contribution in [-0.2, 0) is 18.1 Å². The van der Waals surface area contributed by atoms with Crippen LogP contribution < -0.4 is 0 Å². The molecule has 0 aromatic carbocycles. The fourth-order valence-corrected chi connectivity index (χ4v) is 2.07. The largest absolute Gasteiger partial charge is 0.475 e. The van der Waals surface area contributed by atoms with E-state index in [9.17, 15) is 4.57 Å². The highest BCUT2D eigenvalue weighted by Gasteiger charge is 2.40. The minimum atomic E-state index is -3.16. The van der Waals surface area contributed by atoms with Gasteiger partial charge in [0.25, 0.3) is 0 Å². The molecule has 0 unspecified atom stereocenters. The van der Waals surface area contributed by atoms with Crippen LogP contribution in [-0.4, -0.2) is 19.3 Å². The van der Waals surface area contributed by atoms with Gasteiger partial charge in [-0.2, -0.15) is 0 Å². The average Bonchev–Trinajstić information content (AvgIpc) is 2.10. The van der Waals surface area contributed by atoms with Crippen LogP contribution in [0.2, 0.25) is 0 Å². The Bertz CT molecular complexity index is 155. The van der Waals surface area contributed by atoms with Crippen LogP contribution in [0, 0.1) is 0 Å². The van der Waals surface area contributed by atoms with Gasteiger partial charge in [-0.25, -0.2) is 4.57 Å². The molecule has 0 amide bonds. The van der Waals surface area contributed by atoms with Crippen LogP contribution in [0.3, 0.4) is 0 Å². The zero-order valence-corrected chi connectivity index (χ0v) is 7.13. The van der Waals surface area contributed by atoms with E-state index in [0.29, 0.717) is 0 Å². The molecule has 0 N–H and O–H groups in total. The number of phosphoric acid groups is 1. The lowest BCUT2D eigenvalue weighted by atomic mass is 10.3. The summed E-state index contributed by atoms with van der Waals surface area (Å²) in [5.74, 6) is 0. The van der Waals surface area contributed by atoms with E-state index in [1.807, 2.05) is 0 Å². The molecule has 0 aliphatic carbocycles. The van der Waals surface area contributed by atoms with Crippen LogP contribution in [0.1, 0.15) is 13.8 Å². The normalized spacial score (nSPS) is 38.3. The first-order valence-electron chi connectivity index (χ1n) is 3.10. The Balaban J connectivity index is 2.64. The quantitative estimate of drug-likeness (QED) is 0.554. The molecule has 1 saturated heterocycles. The highest BCUT2D eigenvalue weighted by atomic mass is 31.2. The van der Waals surface area contributed by atoms with Crippen LogP contribution in [0.4, 0.5) is 0 Å². The Morgan fingerprint density at radius 3 is 1.90 bits per heavy atom. The van der Waals surface area contributed by atoms with Crippen molar-refractivity contribution in [2.24, 2.45) is 0 Å². The number of hydrogen-bond donors (Lipinski definition) is 0. The van der Waals surface area contributed by atoms with Crippen molar-refractivity contribution in [3.8, 4) is 0 Å². The van der Waals surface area contributed by atoms with Crippen molar-refractivity contribution in [1.29, 1.82) is 0 Å². The van der Waals surface area contributed by atoms with Gasteiger partial charge in [-0.1, -0.05) is 0 Å². The summed E-state index contributed by atoms with van der Waals surface area (Å²) in [5.41, 5.74) is 0. The first kappa shape index (κ1) is 8.21. The lowest BCUT2D eigenvalue weighted by molar-refractivity contribution is 0.187. The van der Waals surface area contributed by atoms with Crippen molar-refractivity contribution in [1.82, 2.24) is 0 Å². The molecule has 0 radical (unpaired) electrons. The van der Waals surface area contributed by atoms with Gasteiger partial charge in [0, 0.05) is 7.11 Å². The Hall–Kier alpha value is 0.110. The van der Waals surface area contributed by atoms with E-state index in [1.54, 1.807) is 13.8 Å². The standard InChI is InChI=1S/C5H11O4P/c1-4-5(2)9-10(6,7-3)8-4/h4-5H,1-3H3/t4-,5-/m1/s1. The zero-order chi connectivity index (χ0) is 7.78. The number of rotatable bonds is 1. The molecule has 1 aliphatic rings. The molecule has 5 heteroatoms. The molecule has 0 spiro atoms. The first-order valence-corrected chi connectivity index (χ1v) is 4.56. The SMILES string of the molecule is COP1(=O)O[C@H](C)[C@@H](C)O1. The summed E-state index contributed by atoms with van der Waals surface area (Å²) < 4.78 is 25.5. The number of phosphoric ester groups is 1. The van der Waals surface area contributed by atoms with Gasteiger partial charge in [0.05, 0.1) is 12.2 Å². The summed E-state index contributed by atoms with van der Waals surface area (Å²) in [6, 6.07) is 0. The molecule has 1 rings (SSSR count). The molecule has 0 aromatic heterocycles. The molecule has 1 aliphatic heterocycles. The van der Waals surface area contributed by atoms with Gasteiger partial charge in [-0.05, 0) is 13.8 Å². The molecule has 1 heterocycles. The van der Waals surface area contributed by atoms with Crippen molar-refractivity contribution in [3.63, 3.8) is 0 Å². The van der Waals surface area contributed by atoms with Crippen molar-refractivity contribution >= 4 is 7.82 Å². The maximum atomic E-state index is 11.1. The second-order valence-corrected chi connectivity index (χ2v) is 3.93. The van der Waals surface area contributed by atoms with Gasteiger partial charge in [-0.15, -0.1) is 0 Å². The van der Waals surface area contributed by atoms with Gasteiger partial charge in [0.2, 0.25) is 0 Å². The van der Waals surface area contributed by atoms with Crippen LogP contribution in [0.25, 0.3) is 0 Å². The van der Waals surface area contributed by atoms with Crippen molar-refractivity contribution in [3.05, 3.63) is 0 Å². The Labute approximate surface area is 60.1 Å². The zero-order valence-electron chi connectivity index (χ0n) is 6.23. The van der Waals surface area contributed by atoms with E-state index >= 15 is 0 Å². The highest BCUT2D eigenvalue weighted by molar-refractivity contribution is 7.48. The second kappa shape index (κ2) is 2.62. The molecule has 0 aromatic rings. The Morgan fingerprint density at radius 2 is 1.70 bits per heavy atom. The summed E-state index contributed by atoms with van der Waals surface area (Å²) >= 11 is 0. The number of hydrogen-bond acceptors (Lipinski definition) is 4. The van der Waals surface area contributed by atoms with E-state index in [2.05, 4.69) is 4.52 Å². The fourth-order valence-electron chi connectivity index (χ4n) is 0.690. The Kier molecular flexibility index (Phi) is 2.15. The lowest BCUT2D eigenvalue weighted by Gasteiger charge is -2.04. The van der Waals surface area contributed by atoms with Crippen LogP contribution in [0.5, 0.6) is 0 Å². The van der Waals surface area contributed by atoms with E-state index in [4.69, 9.17) is 9.05 Å². The van der Waals surface area contributed by atoms with Gasteiger partial charge in [0.15, 0.2) is 0 Å². The van der Waals surface area contributed by atoms with Crippen molar-refractivity contribution in [2.75, 3.05) is 7.11 Å². The summed E-state index contributed by atoms with van der Waals surface area (Å²) in [4.78, 5) is 0. The maximum absolute atomic E-state index is 11.1. The summed E-state index contributed by atoms with van der Waals surface area (Å²) in [6.07, 6.45) is -0.295. The van der Waals surface area contributed by atoms with Crippen LogP contribution in [0.15, 0.2) is 0 Å². The Morgan fingerprint density at radius 1 is 1.30 bits per heavy atom. The van der Waals surface area contributed by atoms with Gasteiger partial charge in [0.1, 0.15) is 0 Å². The first-order chi connectivity index (χ1) is 4.57. The molecule has 0 bridgehead atoms. The van der Waals surface area contributed by atoms with E-state index in [-0.39, 0.29) is 12.2 Å². The van der Waals surface area contributed by atoms with E-state index < -0.39 is 7.82 Å². The predicted octanol–water partition coefficient (Wildman–Crippen LogP) is 1.56. The molecule has 60 valence electrons. The van der Waals surface area contributed by atoms with Gasteiger partial charge in [-0.3, -0.25) is 13.6 Å². The molecule has 10 heavy (non-hydrogen) atoms. The summed E-state index contributed by atoms with van der Waals surface area (Å²) in [7, 11) is -1.85. The molecular formula is C5H11O4P. The van der Waals surface area contributed by atoms with Gasteiger partial charge >= 0.3 is 7.82 Å². The van der Waals surface area contributed by atoms with E-state index in [0.717, 1.165) is 0 Å². The minimum absolute atomic E-state index is 0.147. The average molecular weight is 166 g/mol. The third kappa shape index (κ3) is 1.40. The smallest absolute Gasteiger partial charge is 0.290 e.